The molecule has 4 nitrogen and oxygen atoms in total. The zero-order valence-corrected chi connectivity index (χ0v) is 15.2. The van der Waals surface area contributed by atoms with Crippen molar-refractivity contribution >= 4 is 46.8 Å². The first-order chi connectivity index (χ1) is 10.6. The average Bonchev–Trinajstić information content (AvgIpc) is 2.78. The number of aldehydes is 1. The third-order valence-corrected chi connectivity index (χ3v) is 4.29. The van der Waals surface area contributed by atoms with Gasteiger partial charge in [0.1, 0.15) is 0 Å². The van der Waals surface area contributed by atoms with Gasteiger partial charge in [0.05, 0.1) is 4.90 Å². The molecule has 0 saturated carbocycles. The van der Waals surface area contributed by atoms with Crippen molar-refractivity contribution in [3.05, 3.63) is 22.1 Å². The molecule has 122 valence electrons. The largest absolute Gasteiger partial charge is 0.445 e. The fourth-order valence-electron chi connectivity index (χ4n) is 1.98. The van der Waals surface area contributed by atoms with Crippen LogP contribution in [0.25, 0.3) is 6.08 Å². The molecular formula is C16H22BrNO3S. The Hall–Kier alpha value is -1.01. The van der Waals surface area contributed by atoms with Gasteiger partial charge in [0, 0.05) is 18.2 Å². The van der Waals surface area contributed by atoms with Gasteiger partial charge in [-0.2, -0.15) is 0 Å². The highest BCUT2D eigenvalue weighted by atomic mass is 79.9. The molecule has 1 aromatic rings. The van der Waals surface area contributed by atoms with Crippen molar-refractivity contribution in [2.75, 3.05) is 6.54 Å². The minimum atomic E-state index is -0.165. The Morgan fingerprint density at radius 3 is 2.59 bits per heavy atom. The van der Waals surface area contributed by atoms with Crippen LogP contribution in [0, 0.1) is 0 Å². The SMILES string of the molecule is CCCCCCCCNC(=O)C=Cc1c(Br)oc(C=O)c1S. The zero-order chi connectivity index (χ0) is 16.4. The first kappa shape index (κ1) is 19.0. The minimum absolute atomic E-state index is 0.141. The van der Waals surface area contributed by atoms with Gasteiger partial charge in [0.2, 0.25) is 5.91 Å². The predicted molar refractivity (Wildman–Crippen MR) is 94.5 cm³/mol. The standard InChI is InChI=1S/C16H22BrNO3S/c1-2-3-4-5-6-7-10-18-14(20)9-8-12-15(22)13(11-19)21-16(12)17/h8-9,11,22H,2-7,10H2,1H3,(H,18,20). The number of rotatable bonds is 10. The molecule has 1 N–H and O–H groups in total. The van der Waals surface area contributed by atoms with E-state index in [0.717, 1.165) is 12.8 Å². The summed E-state index contributed by atoms with van der Waals surface area (Å²) >= 11 is 7.40. The number of unbranched alkanes of at least 4 members (excludes halogenated alkanes) is 5. The number of amides is 1. The molecule has 1 aromatic heterocycles. The van der Waals surface area contributed by atoms with Crippen molar-refractivity contribution in [1.29, 1.82) is 0 Å². The molecule has 0 saturated heterocycles. The van der Waals surface area contributed by atoms with Gasteiger partial charge in [-0.05, 0) is 28.4 Å². The maximum atomic E-state index is 11.7. The van der Waals surface area contributed by atoms with Crippen LogP contribution < -0.4 is 5.32 Å². The summed E-state index contributed by atoms with van der Waals surface area (Å²) < 4.78 is 5.55. The maximum Gasteiger partial charge on any atom is 0.244 e. The van der Waals surface area contributed by atoms with Crippen LogP contribution in [0.5, 0.6) is 0 Å². The summed E-state index contributed by atoms with van der Waals surface area (Å²) in [7, 11) is 0. The van der Waals surface area contributed by atoms with Crippen LogP contribution in [0.15, 0.2) is 20.1 Å². The second-order valence-electron chi connectivity index (χ2n) is 5.01. The van der Waals surface area contributed by atoms with Crippen LogP contribution in [-0.2, 0) is 4.79 Å². The average molecular weight is 388 g/mol. The summed E-state index contributed by atoms with van der Waals surface area (Å²) in [6.45, 7) is 2.87. The molecule has 22 heavy (non-hydrogen) atoms. The molecule has 0 aliphatic heterocycles. The van der Waals surface area contributed by atoms with Crippen LogP contribution in [0.2, 0.25) is 0 Å². The lowest BCUT2D eigenvalue weighted by molar-refractivity contribution is -0.116. The first-order valence-electron chi connectivity index (χ1n) is 7.52. The quantitative estimate of drug-likeness (QED) is 0.266. The molecule has 0 fully saturated rings. The van der Waals surface area contributed by atoms with E-state index in [1.807, 2.05) is 0 Å². The van der Waals surface area contributed by atoms with Gasteiger partial charge >= 0.3 is 0 Å². The summed E-state index contributed by atoms with van der Waals surface area (Å²) in [4.78, 5) is 22.9. The molecule has 0 bridgehead atoms. The van der Waals surface area contributed by atoms with E-state index < -0.39 is 0 Å². The number of furan rings is 1. The third-order valence-electron chi connectivity index (χ3n) is 3.24. The van der Waals surface area contributed by atoms with E-state index in [1.54, 1.807) is 6.08 Å². The second kappa shape index (κ2) is 10.7. The Balaban J connectivity index is 2.33. The maximum absolute atomic E-state index is 11.7. The Morgan fingerprint density at radius 2 is 1.95 bits per heavy atom. The van der Waals surface area contributed by atoms with Gasteiger partial charge < -0.3 is 9.73 Å². The van der Waals surface area contributed by atoms with E-state index >= 15 is 0 Å². The van der Waals surface area contributed by atoms with Crippen molar-refractivity contribution in [3.63, 3.8) is 0 Å². The minimum Gasteiger partial charge on any atom is -0.445 e. The molecule has 0 aliphatic rings. The second-order valence-corrected chi connectivity index (χ2v) is 6.18. The smallest absolute Gasteiger partial charge is 0.244 e. The number of thiol groups is 1. The molecule has 1 rings (SSSR count). The van der Waals surface area contributed by atoms with Gasteiger partial charge in [-0.1, -0.05) is 39.0 Å². The van der Waals surface area contributed by atoms with Crippen molar-refractivity contribution < 1.29 is 14.0 Å². The normalized spacial score (nSPS) is 11.0. The summed E-state index contributed by atoms with van der Waals surface area (Å²) in [5.74, 6) is -0.0237. The highest BCUT2D eigenvalue weighted by molar-refractivity contribution is 9.10. The summed E-state index contributed by atoms with van der Waals surface area (Å²) in [6.07, 6.45) is 10.7. The van der Waals surface area contributed by atoms with Crippen molar-refractivity contribution in [1.82, 2.24) is 5.32 Å². The lowest BCUT2D eigenvalue weighted by Crippen LogP contribution is -2.21. The molecule has 0 aromatic carbocycles. The lowest BCUT2D eigenvalue weighted by Gasteiger charge is -2.02. The van der Waals surface area contributed by atoms with Crippen LogP contribution >= 0.6 is 28.6 Å². The van der Waals surface area contributed by atoms with E-state index in [1.165, 1.54) is 31.8 Å². The van der Waals surface area contributed by atoms with E-state index in [0.29, 0.717) is 28.0 Å². The number of nitrogens with one attached hydrogen (secondary N) is 1. The Labute approximate surface area is 145 Å². The van der Waals surface area contributed by atoms with Gasteiger partial charge in [0.15, 0.2) is 16.7 Å². The van der Waals surface area contributed by atoms with Gasteiger partial charge in [-0.15, -0.1) is 12.6 Å². The molecule has 0 unspecified atom stereocenters. The van der Waals surface area contributed by atoms with E-state index in [-0.39, 0.29) is 11.7 Å². The van der Waals surface area contributed by atoms with Crippen LogP contribution in [0.1, 0.15) is 61.6 Å². The first-order valence-corrected chi connectivity index (χ1v) is 8.76. The topological polar surface area (TPSA) is 59.3 Å². The lowest BCUT2D eigenvalue weighted by atomic mass is 10.1. The summed E-state index contributed by atoms with van der Waals surface area (Å²) in [5.41, 5.74) is 0.583. The highest BCUT2D eigenvalue weighted by Gasteiger charge is 2.13. The molecule has 6 heteroatoms. The van der Waals surface area contributed by atoms with Crippen molar-refractivity contribution in [2.45, 2.75) is 50.3 Å². The fourth-order valence-corrected chi connectivity index (χ4v) is 2.92. The molecule has 0 aliphatic carbocycles. The van der Waals surface area contributed by atoms with Crippen molar-refractivity contribution in [3.8, 4) is 0 Å². The fraction of sp³-hybridized carbons (Fsp3) is 0.500. The monoisotopic (exact) mass is 387 g/mol. The number of hydrogen-bond acceptors (Lipinski definition) is 4. The molecule has 1 amide bonds. The number of halogens is 1. The molecular weight excluding hydrogens is 366 g/mol. The number of hydrogen-bond donors (Lipinski definition) is 2. The van der Waals surface area contributed by atoms with Gasteiger partial charge in [-0.25, -0.2) is 0 Å². The zero-order valence-electron chi connectivity index (χ0n) is 12.7. The summed E-state index contributed by atoms with van der Waals surface area (Å²) in [6, 6.07) is 0. The number of carbonyl (C=O) groups is 2. The highest BCUT2D eigenvalue weighted by Crippen LogP contribution is 2.30. The molecule has 0 atom stereocenters. The van der Waals surface area contributed by atoms with Crippen LogP contribution in [0.3, 0.4) is 0 Å². The van der Waals surface area contributed by atoms with Crippen LogP contribution in [0.4, 0.5) is 0 Å². The third kappa shape index (κ3) is 6.40. The van der Waals surface area contributed by atoms with Crippen molar-refractivity contribution in [2.24, 2.45) is 0 Å². The van der Waals surface area contributed by atoms with E-state index in [2.05, 4.69) is 40.8 Å². The van der Waals surface area contributed by atoms with Gasteiger partial charge in [0.25, 0.3) is 0 Å². The molecule has 0 radical (unpaired) electrons. The molecule has 0 spiro atoms. The molecule has 1 heterocycles. The number of carbonyl (C=O) groups excluding carboxylic acids is 2. The van der Waals surface area contributed by atoms with E-state index in [9.17, 15) is 9.59 Å². The Morgan fingerprint density at radius 1 is 1.27 bits per heavy atom. The Bertz CT molecular complexity index is 526. The van der Waals surface area contributed by atoms with E-state index in [4.69, 9.17) is 4.42 Å². The Kier molecular flexibility index (Phi) is 9.24. The summed E-state index contributed by atoms with van der Waals surface area (Å²) in [5, 5.41) is 2.84. The van der Waals surface area contributed by atoms with Gasteiger partial charge in [-0.3, -0.25) is 9.59 Å². The predicted octanol–water partition coefficient (Wildman–Crippen LogP) is 4.63. The van der Waals surface area contributed by atoms with Crippen LogP contribution in [-0.4, -0.2) is 18.7 Å².